The molecule has 1 heterocycles. The van der Waals surface area contributed by atoms with Gasteiger partial charge in [0.05, 0.1) is 26.5 Å². The van der Waals surface area contributed by atoms with E-state index < -0.39 is 17.7 Å². The van der Waals surface area contributed by atoms with E-state index in [9.17, 15) is 14.4 Å². The second-order valence-electron chi connectivity index (χ2n) is 4.97. The number of nitrogens with one attached hydrogen (secondary N) is 3. The number of rotatable bonds is 6. The summed E-state index contributed by atoms with van der Waals surface area (Å²) in [6.07, 6.45) is 1.45. The van der Waals surface area contributed by atoms with Gasteiger partial charge in [-0.1, -0.05) is 0 Å². The molecule has 0 aliphatic carbocycles. The van der Waals surface area contributed by atoms with Gasteiger partial charge in [-0.05, 0) is 37.3 Å². The van der Waals surface area contributed by atoms with Crippen LogP contribution in [0.5, 0.6) is 11.5 Å². The van der Waals surface area contributed by atoms with Crippen molar-refractivity contribution in [2.75, 3.05) is 13.7 Å². The van der Waals surface area contributed by atoms with Crippen molar-refractivity contribution in [1.82, 2.24) is 16.2 Å². The van der Waals surface area contributed by atoms with Crippen LogP contribution in [0.2, 0.25) is 0 Å². The predicted octanol–water partition coefficient (Wildman–Crippen LogP) is 0.764. The molecule has 1 aromatic heterocycles. The van der Waals surface area contributed by atoms with E-state index in [1.807, 2.05) is 12.3 Å². The van der Waals surface area contributed by atoms with E-state index in [0.717, 1.165) is 0 Å². The lowest BCUT2D eigenvalue weighted by atomic mass is 10.2. The maximum atomic E-state index is 12.1. The van der Waals surface area contributed by atoms with Gasteiger partial charge in [-0.25, -0.2) is 0 Å². The zero-order valence-electron chi connectivity index (χ0n) is 14.3. The smallest absolute Gasteiger partial charge is 0.327 e. The Bertz CT molecular complexity index is 773. The van der Waals surface area contributed by atoms with Crippen LogP contribution >= 0.6 is 0 Å². The molecule has 0 atom stereocenters. The minimum absolute atomic E-state index is 0.0588. The fraction of sp³-hybridized carbons (Fsp3) is 0.235. The number of ether oxygens (including phenoxy) is 2. The first-order valence-electron chi connectivity index (χ1n) is 7.76. The molecule has 0 unspecified atom stereocenters. The fourth-order valence-electron chi connectivity index (χ4n) is 1.99. The van der Waals surface area contributed by atoms with Crippen molar-refractivity contribution in [2.24, 2.45) is 0 Å². The highest BCUT2D eigenvalue weighted by Crippen LogP contribution is 2.27. The van der Waals surface area contributed by atoms with Crippen molar-refractivity contribution in [2.45, 2.75) is 13.5 Å². The van der Waals surface area contributed by atoms with Crippen LogP contribution in [0.3, 0.4) is 0 Å². The van der Waals surface area contributed by atoms with Gasteiger partial charge in [-0.15, -0.1) is 0 Å². The third-order valence-corrected chi connectivity index (χ3v) is 3.22. The van der Waals surface area contributed by atoms with E-state index in [1.165, 1.54) is 25.5 Å². The van der Waals surface area contributed by atoms with Crippen molar-refractivity contribution in [3.8, 4) is 11.5 Å². The molecular formula is C17H19N3O6. The summed E-state index contributed by atoms with van der Waals surface area (Å²) < 4.78 is 15.5. The van der Waals surface area contributed by atoms with Crippen LogP contribution < -0.4 is 25.6 Å². The number of hydrogen-bond acceptors (Lipinski definition) is 6. The Morgan fingerprint density at radius 2 is 1.88 bits per heavy atom. The van der Waals surface area contributed by atoms with Gasteiger partial charge < -0.3 is 19.2 Å². The van der Waals surface area contributed by atoms with Crippen molar-refractivity contribution in [3.05, 3.63) is 47.9 Å². The van der Waals surface area contributed by atoms with Gasteiger partial charge in [0.1, 0.15) is 5.76 Å². The van der Waals surface area contributed by atoms with Crippen LogP contribution in [0.25, 0.3) is 0 Å². The van der Waals surface area contributed by atoms with Crippen LogP contribution in [-0.4, -0.2) is 31.4 Å². The van der Waals surface area contributed by atoms with Crippen LogP contribution in [0.15, 0.2) is 41.0 Å². The molecule has 2 aromatic rings. The highest BCUT2D eigenvalue weighted by molar-refractivity contribution is 6.35. The fourth-order valence-corrected chi connectivity index (χ4v) is 1.99. The van der Waals surface area contributed by atoms with Crippen molar-refractivity contribution >= 4 is 17.7 Å². The molecule has 2 rings (SSSR count). The quantitative estimate of drug-likeness (QED) is 0.516. The Labute approximate surface area is 149 Å². The van der Waals surface area contributed by atoms with Gasteiger partial charge in [0.25, 0.3) is 5.91 Å². The van der Waals surface area contributed by atoms with Crippen LogP contribution in [0.1, 0.15) is 23.0 Å². The number of benzene rings is 1. The molecule has 138 valence electrons. The lowest BCUT2D eigenvalue weighted by Crippen LogP contribution is -2.48. The van der Waals surface area contributed by atoms with Gasteiger partial charge in [0.15, 0.2) is 11.5 Å². The Hall–Kier alpha value is -3.49. The number of furan rings is 1. The van der Waals surface area contributed by atoms with E-state index in [0.29, 0.717) is 23.9 Å². The molecule has 1 aromatic carbocycles. The summed E-state index contributed by atoms with van der Waals surface area (Å²) in [5.74, 6) is -1.17. The first-order valence-corrected chi connectivity index (χ1v) is 7.76. The van der Waals surface area contributed by atoms with Crippen LogP contribution in [0.4, 0.5) is 0 Å². The number of hydrazine groups is 1. The molecular weight excluding hydrogens is 342 g/mol. The summed E-state index contributed by atoms with van der Waals surface area (Å²) in [6.45, 7) is 2.33. The summed E-state index contributed by atoms with van der Waals surface area (Å²) in [5.41, 5.74) is 4.42. The van der Waals surface area contributed by atoms with Gasteiger partial charge in [-0.3, -0.25) is 25.2 Å². The summed E-state index contributed by atoms with van der Waals surface area (Å²) >= 11 is 0. The molecule has 26 heavy (non-hydrogen) atoms. The number of amides is 3. The summed E-state index contributed by atoms with van der Waals surface area (Å²) in [6, 6.07) is 7.86. The normalized spacial score (nSPS) is 9.92. The summed E-state index contributed by atoms with van der Waals surface area (Å²) in [7, 11) is 1.45. The van der Waals surface area contributed by atoms with Crippen LogP contribution in [0, 0.1) is 0 Å². The molecule has 0 aliphatic rings. The number of carbonyl (C=O) groups excluding carboxylic acids is 3. The van der Waals surface area contributed by atoms with Gasteiger partial charge in [0, 0.05) is 5.56 Å². The lowest BCUT2D eigenvalue weighted by Gasteiger charge is -2.11. The van der Waals surface area contributed by atoms with E-state index in [-0.39, 0.29) is 12.1 Å². The molecule has 0 saturated heterocycles. The standard InChI is InChI=1S/C17H19N3O6/c1-3-25-13-7-6-11(9-14(13)24-2)15(21)19-20-17(23)16(22)18-10-12-5-4-8-26-12/h4-9H,3,10H2,1-2H3,(H,18,22)(H,19,21)(H,20,23). The monoisotopic (exact) mass is 361 g/mol. The molecule has 0 spiro atoms. The largest absolute Gasteiger partial charge is 0.493 e. The zero-order valence-corrected chi connectivity index (χ0v) is 14.3. The van der Waals surface area contributed by atoms with Crippen molar-refractivity contribution < 1.29 is 28.3 Å². The average Bonchev–Trinajstić information content (AvgIpc) is 3.18. The molecule has 9 nitrogen and oxygen atoms in total. The molecule has 0 radical (unpaired) electrons. The Morgan fingerprint density at radius 1 is 1.08 bits per heavy atom. The maximum absolute atomic E-state index is 12.1. The number of hydrogen-bond donors (Lipinski definition) is 3. The maximum Gasteiger partial charge on any atom is 0.327 e. The molecule has 9 heteroatoms. The molecule has 0 aliphatic heterocycles. The summed E-state index contributed by atoms with van der Waals surface area (Å²) in [5, 5.41) is 2.36. The first kappa shape index (κ1) is 18.8. The minimum Gasteiger partial charge on any atom is -0.493 e. The molecule has 0 bridgehead atoms. The second-order valence-corrected chi connectivity index (χ2v) is 4.97. The Kier molecular flexibility index (Phi) is 6.60. The number of methoxy groups -OCH3 is 1. The molecule has 3 amide bonds. The average molecular weight is 361 g/mol. The number of carbonyl (C=O) groups is 3. The second kappa shape index (κ2) is 9.11. The highest BCUT2D eigenvalue weighted by atomic mass is 16.5. The van der Waals surface area contributed by atoms with Gasteiger partial charge >= 0.3 is 11.8 Å². The minimum atomic E-state index is -1.01. The Morgan fingerprint density at radius 3 is 2.54 bits per heavy atom. The molecule has 0 fully saturated rings. The van der Waals surface area contributed by atoms with Crippen molar-refractivity contribution in [1.29, 1.82) is 0 Å². The van der Waals surface area contributed by atoms with E-state index in [1.54, 1.807) is 18.2 Å². The first-order chi connectivity index (χ1) is 12.5. The van der Waals surface area contributed by atoms with Crippen molar-refractivity contribution in [3.63, 3.8) is 0 Å². The third-order valence-electron chi connectivity index (χ3n) is 3.22. The SMILES string of the molecule is CCOc1ccc(C(=O)NNC(=O)C(=O)NCc2ccco2)cc1OC. The van der Waals surface area contributed by atoms with Gasteiger partial charge in [-0.2, -0.15) is 0 Å². The van der Waals surface area contributed by atoms with E-state index in [2.05, 4.69) is 10.7 Å². The van der Waals surface area contributed by atoms with Crippen LogP contribution in [-0.2, 0) is 16.1 Å². The predicted molar refractivity (Wildman–Crippen MR) is 90.3 cm³/mol. The third kappa shape index (κ3) is 5.00. The van der Waals surface area contributed by atoms with E-state index in [4.69, 9.17) is 13.9 Å². The lowest BCUT2D eigenvalue weighted by molar-refractivity contribution is -0.139. The topological polar surface area (TPSA) is 119 Å². The highest BCUT2D eigenvalue weighted by Gasteiger charge is 2.16. The Balaban J connectivity index is 1.87. The zero-order chi connectivity index (χ0) is 18.9. The summed E-state index contributed by atoms with van der Waals surface area (Å²) in [4.78, 5) is 35.4. The van der Waals surface area contributed by atoms with E-state index >= 15 is 0 Å². The van der Waals surface area contributed by atoms with Gasteiger partial charge in [0.2, 0.25) is 0 Å². The molecule has 3 N–H and O–H groups in total. The molecule has 0 saturated carbocycles.